The van der Waals surface area contributed by atoms with Gasteiger partial charge in [0, 0.05) is 30.0 Å². The number of fused-ring (bicyclic) bond motifs is 1. The first kappa shape index (κ1) is 24.1. The number of nitrogens with zero attached hydrogens (tertiary/aromatic N) is 4. The Morgan fingerprint density at radius 1 is 1.11 bits per heavy atom. The average Bonchev–Trinajstić information content (AvgIpc) is 3.33. The molecular formula is C25H28N6O4. The quantitative estimate of drug-likeness (QED) is 0.216. The minimum Gasteiger partial charge on any atom is -0.633 e. The van der Waals surface area contributed by atoms with Gasteiger partial charge in [0.2, 0.25) is 5.95 Å². The summed E-state index contributed by atoms with van der Waals surface area (Å²) < 4.78 is 6.44. The largest absolute Gasteiger partial charge is 0.633 e. The number of pyridine rings is 1. The van der Waals surface area contributed by atoms with E-state index in [0.29, 0.717) is 48.9 Å². The molecule has 1 aromatic carbocycles. The van der Waals surface area contributed by atoms with Crippen molar-refractivity contribution in [3.8, 4) is 5.69 Å². The number of nitrogens with one attached hydrogen (secondary N) is 2. The lowest BCUT2D eigenvalue weighted by Crippen LogP contribution is -2.35. The van der Waals surface area contributed by atoms with E-state index in [2.05, 4.69) is 20.6 Å². The number of carbonyl (C=O) groups is 1. The van der Waals surface area contributed by atoms with Gasteiger partial charge in [0.15, 0.2) is 5.65 Å². The number of aromatic nitrogens is 3. The first-order valence-electron chi connectivity index (χ1n) is 11.3. The first-order chi connectivity index (χ1) is 16.7. The second kappa shape index (κ2) is 10.1. The number of hydroxylamine groups is 3. The molecule has 3 aromatic heterocycles. The topological polar surface area (TPSA) is 125 Å². The number of hydrogen-bond donors (Lipinski definition) is 2. The van der Waals surface area contributed by atoms with Crippen molar-refractivity contribution in [2.24, 2.45) is 0 Å². The molecule has 0 fully saturated rings. The van der Waals surface area contributed by atoms with Crippen LogP contribution < -0.4 is 16.2 Å². The standard InChI is InChI=1S/C25H28N6O4/c1-17-21-11-12-22(32)30(23(21)29-25(28-17)27-16-20-6-4-15-35-20)19-9-7-18(8-10-19)24(33)26-13-5-14-31(2,3)34/h4,6-12,15H,5,13-14,16H2,1-3H3,(H,26,33)(H,27,28,29). The van der Waals surface area contributed by atoms with Gasteiger partial charge >= 0.3 is 0 Å². The Hall–Kier alpha value is -4.02. The summed E-state index contributed by atoms with van der Waals surface area (Å²) >= 11 is 0. The zero-order chi connectivity index (χ0) is 25.0. The summed E-state index contributed by atoms with van der Waals surface area (Å²) in [5.74, 6) is 0.878. The van der Waals surface area contributed by atoms with Crippen LogP contribution in [0.25, 0.3) is 16.7 Å². The van der Waals surface area contributed by atoms with Crippen molar-refractivity contribution >= 4 is 22.9 Å². The Balaban J connectivity index is 1.57. The maximum Gasteiger partial charge on any atom is 0.256 e. The fourth-order valence-electron chi connectivity index (χ4n) is 3.70. The molecule has 0 saturated heterocycles. The van der Waals surface area contributed by atoms with Crippen LogP contribution in [-0.4, -0.2) is 52.3 Å². The molecule has 3 heterocycles. The Bertz CT molecular complexity index is 1370. The molecular weight excluding hydrogens is 448 g/mol. The maximum atomic E-state index is 12.8. The fourth-order valence-corrected chi connectivity index (χ4v) is 3.70. The normalized spacial score (nSPS) is 11.5. The Kier molecular flexibility index (Phi) is 6.94. The highest BCUT2D eigenvalue weighted by Crippen LogP contribution is 2.20. The SMILES string of the molecule is Cc1nc(NCc2ccco2)nc2c1ccc(=O)n2-c1ccc(C(=O)NCCC[N+](C)(C)[O-])cc1. The van der Waals surface area contributed by atoms with Crippen LogP contribution >= 0.6 is 0 Å². The summed E-state index contributed by atoms with van der Waals surface area (Å²) in [6.07, 6.45) is 2.18. The average molecular weight is 477 g/mol. The number of amides is 1. The van der Waals surface area contributed by atoms with Gasteiger partial charge in [0.05, 0.1) is 44.8 Å². The molecule has 0 atom stereocenters. The monoisotopic (exact) mass is 476 g/mol. The minimum absolute atomic E-state index is 0.236. The summed E-state index contributed by atoms with van der Waals surface area (Å²) in [7, 11) is 3.14. The third-order valence-electron chi connectivity index (χ3n) is 5.49. The predicted molar refractivity (Wildman–Crippen MR) is 133 cm³/mol. The molecule has 35 heavy (non-hydrogen) atoms. The lowest BCUT2D eigenvalue weighted by atomic mass is 10.1. The van der Waals surface area contributed by atoms with Gasteiger partial charge in [0.25, 0.3) is 11.5 Å². The Labute approximate surface area is 202 Å². The van der Waals surface area contributed by atoms with Gasteiger partial charge < -0.3 is 24.9 Å². The van der Waals surface area contributed by atoms with E-state index < -0.39 is 4.65 Å². The van der Waals surface area contributed by atoms with Crippen LogP contribution in [0.4, 0.5) is 5.95 Å². The van der Waals surface area contributed by atoms with Crippen LogP contribution in [-0.2, 0) is 6.54 Å². The van der Waals surface area contributed by atoms with Gasteiger partial charge in [-0.05, 0) is 49.4 Å². The van der Waals surface area contributed by atoms with Crippen LogP contribution in [0.1, 0.15) is 28.2 Å². The predicted octanol–water partition coefficient (Wildman–Crippen LogP) is 2.99. The van der Waals surface area contributed by atoms with E-state index in [1.165, 1.54) is 10.6 Å². The van der Waals surface area contributed by atoms with Crippen LogP contribution in [0.5, 0.6) is 0 Å². The van der Waals surface area contributed by atoms with Gasteiger partial charge in [-0.3, -0.25) is 14.2 Å². The van der Waals surface area contributed by atoms with Gasteiger partial charge in [-0.1, -0.05) is 0 Å². The van der Waals surface area contributed by atoms with Crippen molar-refractivity contribution < 1.29 is 13.9 Å². The highest BCUT2D eigenvalue weighted by atomic mass is 16.5. The third kappa shape index (κ3) is 5.92. The molecule has 0 saturated carbocycles. The van der Waals surface area contributed by atoms with E-state index in [4.69, 9.17) is 4.42 Å². The number of benzene rings is 1. The molecule has 0 spiro atoms. The molecule has 4 aromatic rings. The molecule has 2 N–H and O–H groups in total. The Morgan fingerprint density at radius 2 is 1.89 bits per heavy atom. The van der Waals surface area contributed by atoms with E-state index in [-0.39, 0.29) is 11.5 Å². The van der Waals surface area contributed by atoms with Crippen molar-refractivity contribution in [1.29, 1.82) is 0 Å². The highest BCUT2D eigenvalue weighted by molar-refractivity contribution is 5.94. The molecule has 10 nitrogen and oxygen atoms in total. The third-order valence-corrected chi connectivity index (χ3v) is 5.49. The van der Waals surface area contributed by atoms with E-state index in [9.17, 15) is 14.8 Å². The highest BCUT2D eigenvalue weighted by Gasteiger charge is 2.13. The second-order valence-electron chi connectivity index (χ2n) is 8.76. The van der Waals surface area contributed by atoms with Gasteiger partial charge in [-0.15, -0.1) is 0 Å². The molecule has 0 aliphatic rings. The molecule has 0 aliphatic carbocycles. The zero-order valence-electron chi connectivity index (χ0n) is 19.9. The van der Waals surface area contributed by atoms with Crippen LogP contribution in [0.2, 0.25) is 0 Å². The molecule has 0 bridgehead atoms. The summed E-state index contributed by atoms with van der Waals surface area (Å²) in [5, 5.41) is 18.3. The van der Waals surface area contributed by atoms with Crippen LogP contribution in [0.15, 0.2) is 64.0 Å². The number of rotatable bonds is 9. The van der Waals surface area contributed by atoms with Crippen LogP contribution in [0.3, 0.4) is 0 Å². The molecule has 0 radical (unpaired) electrons. The molecule has 10 heteroatoms. The Morgan fingerprint density at radius 3 is 2.57 bits per heavy atom. The van der Waals surface area contributed by atoms with Gasteiger partial charge in [-0.2, -0.15) is 4.98 Å². The summed E-state index contributed by atoms with van der Waals surface area (Å²) in [5.41, 5.74) is 1.98. The summed E-state index contributed by atoms with van der Waals surface area (Å²) in [4.78, 5) is 34.4. The van der Waals surface area contributed by atoms with E-state index >= 15 is 0 Å². The maximum absolute atomic E-state index is 12.8. The molecule has 1 amide bonds. The van der Waals surface area contributed by atoms with Crippen molar-refractivity contribution in [2.75, 3.05) is 32.5 Å². The molecule has 0 unspecified atom stereocenters. The molecule has 4 rings (SSSR count). The van der Waals surface area contributed by atoms with Crippen LogP contribution in [0, 0.1) is 12.1 Å². The number of carbonyl (C=O) groups excluding carboxylic acids is 1. The molecule has 0 aliphatic heterocycles. The summed E-state index contributed by atoms with van der Waals surface area (Å²) in [6.45, 7) is 3.10. The van der Waals surface area contributed by atoms with Crippen molar-refractivity contribution in [2.45, 2.75) is 19.9 Å². The van der Waals surface area contributed by atoms with Gasteiger partial charge in [-0.25, -0.2) is 4.98 Å². The van der Waals surface area contributed by atoms with Gasteiger partial charge in [0.1, 0.15) is 5.76 Å². The first-order valence-corrected chi connectivity index (χ1v) is 11.3. The van der Waals surface area contributed by atoms with Crippen molar-refractivity contribution in [1.82, 2.24) is 19.9 Å². The number of hydrogen-bond acceptors (Lipinski definition) is 7. The molecule has 182 valence electrons. The summed E-state index contributed by atoms with van der Waals surface area (Å²) in [6, 6.07) is 13.6. The van der Waals surface area contributed by atoms with Crippen molar-refractivity contribution in [3.05, 3.63) is 87.4 Å². The van der Waals surface area contributed by atoms with E-state index in [1.54, 1.807) is 56.8 Å². The lowest BCUT2D eigenvalue weighted by Gasteiger charge is -2.33. The van der Waals surface area contributed by atoms with E-state index in [0.717, 1.165) is 16.8 Å². The number of aryl methyl sites for hydroxylation is 1. The van der Waals surface area contributed by atoms with Crippen molar-refractivity contribution in [3.63, 3.8) is 0 Å². The number of anilines is 1. The number of furan rings is 1. The smallest absolute Gasteiger partial charge is 0.256 e. The lowest BCUT2D eigenvalue weighted by molar-refractivity contribution is -0.840. The number of quaternary nitrogens is 1. The van der Waals surface area contributed by atoms with E-state index in [1.807, 2.05) is 13.0 Å². The zero-order valence-corrected chi connectivity index (χ0v) is 19.9. The fraction of sp³-hybridized carbons (Fsp3) is 0.280. The minimum atomic E-state index is -0.395. The second-order valence-corrected chi connectivity index (χ2v) is 8.76.